The maximum Gasteiger partial charge on any atom is -0.0181 e. The van der Waals surface area contributed by atoms with Crippen LogP contribution in [-0.4, -0.2) is 0 Å². The Balaban J connectivity index is 1.16. The van der Waals surface area contributed by atoms with Gasteiger partial charge in [0, 0.05) is 0 Å². The van der Waals surface area contributed by atoms with Gasteiger partial charge in [0.05, 0.1) is 0 Å². The van der Waals surface area contributed by atoms with Gasteiger partial charge < -0.3 is 0 Å². The zero-order valence-corrected chi connectivity index (χ0v) is 34.7. The summed E-state index contributed by atoms with van der Waals surface area (Å²) in [7, 11) is 0. The van der Waals surface area contributed by atoms with E-state index in [0.29, 0.717) is 10.8 Å². The summed E-state index contributed by atoms with van der Waals surface area (Å²) < 4.78 is 0. The van der Waals surface area contributed by atoms with Crippen molar-refractivity contribution in [1.82, 2.24) is 0 Å². The number of hydrogen-bond donors (Lipinski definition) is 0. The molecule has 3 aliphatic carbocycles. The third-order valence-corrected chi connectivity index (χ3v) is 14.3. The van der Waals surface area contributed by atoms with E-state index in [4.69, 9.17) is 0 Å². The van der Waals surface area contributed by atoms with Crippen LogP contribution in [0.1, 0.15) is 204 Å². The molecule has 7 rings (SSSR count). The molecule has 0 amide bonds. The molecule has 0 heteroatoms. The summed E-state index contributed by atoms with van der Waals surface area (Å²) in [6, 6.07) is 32.9. The fraction of sp³-hybridized carbons (Fsp3) is 0.630. The largest absolute Gasteiger partial charge is 0.0616 e. The minimum atomic E-state index is 0.482. The first-order valence-electron chi connectivity index (χ1n) is 23.7. The number of benzene rings is 4. The first kappa shape index (κ1) is 41.0. The van der Waals surface area contributed by atoms with Gasteiger partial charge in [0.2, 0.25) is 0 Å². The minimum Gasteiger partial charge on any atom is -0.0616 e. The maximum atomic E-state index is 2.54. The minimum absolute atomic E-state index is 0.482. The second-order valence-electron chi connectivity index (χ2n) is 18.7. The lowest BCUT2D eigenvalue weighted by Crippen LogP contribution is -2.24. The lowest BCUT2D eigenvalue weighted by Gasteiger charge is -2.36. The molecule has 0 aromatic heterocycles. The van der Waals surface area contributed by atoms with E-state index in [0.717, 1.165) is 0 Å². The monoisotopic (exact) mass is 727 g/mol. The van der Waals surface area contributed by atoms with Crippen LogP contribution in [0.2, 0.25) is 0 Å². The number of rotatable bonds is 4. The normalized spacial score (nSPS) is 25.0. The summed E-state index contributed by atoms with van der Waals surface area (Å²) in [4.78, 5) is 0. The summed E-state index contributed by atoms with van der Waals surface area (Å²) in [6.45, 7) is 0. The Hall–Kier alpha value is -2.60. The lowest BCUT2D eigenvalue weighted by atomic mass is 9.69. The van der Waals surface area contributed by atoms with E-state index in [2.05, 4.69) is 84.9 Å². The molecule has 0 heterocycles. The fourth-order valence-corrected chi connectivity index (χ4v) is 11.0. The Morgan fingerprint density at radius 2 is 0.500 bits per heavy atom. The molecule has 54 heavy (non-hydrogen) atoms. The number of hydrogen-bond acceptors (Lipinski definition) is 0. The molecular formula is C54H78. The van der Waals surface area contributed by atoms with Crippen molar-refractivity contribution in [2.24, 2.45) is 10.8 Å². The average molecular weight is 727 g/mol. The summed E-state index contributed by atoms with van der Waals surface area (Å²) in [5.74, 6) is 0. The second kappa shape index (κ2) is 22.8. The molecule has 0 aliphatic heterocycles. The first-order chi connectivity index (χ1) is 26.7. The van der Waals surface area contributed by atoms with Crippen molar-refractivity contribution in [3.05, 3.63) is 96.1 Å². The predicted octanol–water partition coefficient (Wildman–Crippen LogP) is 17.5. The van der Waals surface area contributed by atoms with Crippen molar-refractivity contribution in [2.45, 2.75) is 205 Å². The zero-order chi connectivity index (χ0) is 37.0. The van der Waals surface area contributed by atoms with Crippen LogP contribution in [0.4, 0.5) is 0 Å². The van der Waals surface area contributed by atoms with Gasteiger partial charge in [-0.1, -0.05) is 239 Å². The zero-order valence-electron chi connectivity index (χ0n) is 34.7. The molecule has 4 aromatic carbocycles. The van der Waals surface area contributed by atoms with Crippen molar-refractivity contribution >= 4 is 21.5 Å². The van der Waals surface area contributed by atoms with Crippen LogP contribution in [0.25, 0.3) is 21.5 Å². The van der Waals surface area contributed by atoms with Crippen molar-refractivity contribution in [3.8, 4) is 0 Å². The van der Waals surface area contributed by atoms with Gasteiger partial charge in [-0.15, -0.1) is 0 Å². The van der Waals surface area contributed by atoms with Gasteiger partial charge in [-0.3, -0.25) is 0 Å². The van der Waals surface area contributed by atoms with E-state index in [-0.39, 0.29) is 0 Å². The third-order valence-electron chi connectivity index (χ3n) is 14.3. The van der Waals surface area contributed by atoms with E-state index in [1.807, 2.05) is 0 Å². The van der Waals surface area contributed by atoms with Gasteiger partial charge in [0.15, 0.2) is 0 Å². The lowest BCUT2D eigenvalue weighted by molar-refractivity contribution is 0.190. The van der Waals surface area contributed by atoms with E-state index < -0.39 is 0 Å². The molecule has 0 spiro atoms. The first-order valence-corrected chi connectivity index (χ1v) is 23.7. The van der Waals surface area contributed by atoms with Gasteiger partial charge in [0.1, 0.15) is 0 Å². The van der Waals surface area contributed by atoms with Crippen LogP contribution in [-0.2, 0) is 12.8 Å². The molecule has 3 aliphatic rings. The highest BCUT2D eigenvalue weighted by Gasteiger charge is 2.31. The molecule has 0 N–H and O–H groups in total. The van der Waals surface area contributed by atoms with Crippen molar-refractivity contribution in [3.63, 3.8) is 0 Å². The molecule has 0 atom stereocenters. The Morgan fingerprint density at radius 1 is 0.259 bits per heavy atom. The van der Waals surface area contributed by atoms with Crippen LogP contribution < -0.4 is 0 Å². The quantitative estimate of drug-likeness (QED) is 0.196. The fourth-order valence-electron chi connectivity index (χ4n) is 11.0. The van der Waals surface area contributed by atoms with Crippen LogP contribution in [0.3, 0.4) is 0 Å². The molecule has 0 radical (unpaired) electrons. The third kappa shape index (κ3) is 13.6. The Kier molecular flexibility index (Phi) is 17.4. The number of fused-ring (bicyclic) bond motifs is 29. The van der Waals surface area contributed by atoms with Crippen LogP contribution in [0.5, 0.6) is 0 Å². The topological polar surface area (TPSA) is 0 Å². The molecule has 2 bridgehead atoms. The van der Waals surface area contributed by atoms with E-state index >= 15 is 0 Å². The van der Waals surface area contributed by atoms with Gasteiger partial charge in [-0.2, -0.15) is 0 Å². The molecule has 3 saturated carbocycles. The van der Waals surface area contributed by atoms with Crippen molar-refractivity contribution in [1.29, 1.82) is 0 Å². The summed E-state index contributed by atoms with van der Waals surface area (Å²) in [5, 5.41) is 5.64. The maximum absolute atomic E-state index is 2.54. The van der Waals surface area contributed by atoms with E-state index in [1.165, 1.54) is 227 Å². The molecule has 294 valence electrons. The van der Waals surface area contributed by atoms with Crippen LogP contribution in [0.15, 0.2) is 84.9 Å². The van der Waals surface area contributed by atoms with Gasteiger partial charge >= 0.3 is 0 Å². The molecular weight excluding hydrogens is 649 g/mol. The molecule has 0 saturated heterocycles. The van der Waals surface area contributed by atoms with Gasteiger partial charge in [-0.05, 0) is 94.9 Å². The highest BCUT2D eigenvalue weighted by Crippen LogP contribution is 2.43. The molecule has 3 fully saturated rings. The van der Waals surface area contributed by atoms with Crippen LogP contribution in [0, 0.1) is 10.8 Å². The Labute approximate surface area is 332 Å². The summed E-state index contributed by atoms with van der Waals surface area (Å²) >= 11 is 0. The van der Waals surface area contributed by atoms with E-state index in [1.54, 1.807) is 11.1 Å². The smallest absolute Gasteiger partial charge is 0.0181 e. The highest BCUT2D eigenvalue weighted by atomic mass is 14.4. The average Bonchev–Trinajstić information content (AvgIpc) is 3.19. The standard InChI is InChI=1S/C54H78/c1-2-8-14-24-38-54(46-48-34-36-50-30-20-22-32-52(50)44-48)41-27-17-11-5-3-9-15-25-39-53(37-23-13-7-1,40-26-16-10-4-6-12-18-28-42-54)45-47-33-35-49-29-19-21-31-51(49)43-47/h19-22,29-36,43-44H,1-18,23-28,37-42,45-46H2. The van der Waals surface area contributed by atoms with Crippen LogP contribution >= 0.6 is 0 Å². The second-order valence-corrected chi connectivity index (χ2v) is 18.7. The molecule has 0 nitrogen and oxygen atoms in total. The predicted molar refractivity (Wildman–Crippen MR) is 239 cm³/mol. The van der Waals surface area contributed by atoms with Gasteiger partial charge in [0.25, 0.3) is 0 Å². The van der Waals surface area contributed by atoms with Crippen molar-refractivity contribution in [2.75, 3.05) is 0 Å². The Bertz CT molecular complexity index is 1430. The van der Waals surface area contributed by atoms with E-state index in [9.17, 15) is 0 Å². The van der Waals surface area contributed by atoms with Gasteiger partial charge in [-0.25, -0.2) is 0 Å². The van der Waals surface area contributed by atoms with Crippen molar-refractivity contribution < 1.29 is 0 Å². The summed E-state index contributed by atoms with van der Waals surface area (Å²) in [5.41, 5.74) is 4.15. The molecule has 4 aromatic rings. The summed E-state index contributed by atoms with van der Waals surface area (Å²) in [6.07, 6.45) is 45.8. The molecule has 0 unspecified atom stereocenters. The SMILES string of the molecule is c1ccc2cc(CC34CCCCCCCCCCC(Cc5ccc6ccccc6c5)(CCCCCCCCCC3)CCCCCCCCCC4)ccc2c1. The Morgan fingerprint density at radius 3 is 0.778 bits per heavy atom. The highest BCUT2D eigenvalue weighted by molar-refractivity contribution is 5.83.